The lowest BCUT2D eigenvalue weighted by molar-refractivity contribution is -0.120. The van der Waals surface area contributed by atoms with Crippen molar-refractivity contribution in [2.45, 2.75) is 39.7 Å². The van der Waals surface area contributed by atoms with Crippen molar-refractivity contribution in [3.05, 3.63) is 0 Å². The first-order valence-corrected chi connectivity index (χ1v) is 4.87. The van der Waals surface area contributed by atoms with Crippen molar-refractivity contribution in [3.8, 4) is 11.8 Å². The Balaban J connectivity index is 3.50. The normalized spacial score (nSPS) is 10.3. The van der Waals surface area contributed by atoms with Crippen molar-refractivity contribution in [3.63, 3.8) is 0 Å². The van der Waals surface area contributed by atoms with Crippen LogP contribution in [0.1, 0.15) is 34.1 Å². The lowest BCUT2D eigenvalue weighted by Gasteiger charge is -2.19. The van der Waals surface area contributed by atoms with Gasteiger partial charge in [0.15, 0.2) is 0 Å². The van der Waals surface area contributed by atoms with Crippen LogP contribution in [0.2, 0.25) is 0 Å². The van der Waals surface area contributed by atoms with Gasteiger partial charge in [0.2, 0.25) is 5.91 Å². The third-order valence-electron chi connectivity index (χ3n) is 1.53. The van der Waals surface area contributed by atoms with Gasteiger partial charge in [0.25, 0.3) is 0 Å². The third-order valence-corrected chi connectivity index (χ3v) is 1.53. The summed E-state index contributed by atoms with van der Waals surface area (Å²) in [5.74, 6) is 5.70. The molecule has 0 atom stereocenters. The number of carbonyl (C=O) groups excluding carboxylic acids is 1. The first-order chi connectivity index (χ1) is 6.45. The van der Waals surface area contributed by atoms with Gasteiger partial charge in [-0.15, -0.1) is 11.8 Å². The zero-order valence-electron chi connectivity index (χ0n) is 9.53. The maximum Gasteiger partial charge on any atom is 0.234 e. The first kappa shape index (κ1) is 13.0. The van der Waals surface area contributed by atoms with Crippen molar-refractivity contribution in [2.24, 2.45) is 0 Å². The second-order valence-electron chi connectivity index (χ2n) is 4.13. The maximum absolute atomic E-state index is 11.2. The molecule has 0 saturated carbocycles. The number of hydrogen-bond donors (Lipinski definition) is 2. The van der Waals surface area contributed by atoms with E-state index in [0.29, 0.717) is 13.1 Å². The van der Waals surface area contributed by atoms with Gasteiger partial charge in [-0.1, -0.05) is 0 Å². The van der Waals surface area contributed by atoms with Crippen molar-refractivity contribution in [2.75, 3.05) is 13.1 Å². The molecule has 0 aromatic carbocycles. The van der Waals surface area contributed by atoms with Gasteiger partial charge in [0.1, 0.15) is 0 Å². The Labute approximate surface area is 86.6 Å². The van der Waals surface area contributed by atoms with Gasteiger partial charge >= 0.3 is 0 Å². The summed E-state index contributed by atoms with van der Waals surface area (Å²) in [5.41, 5.74) is -0.0133. The molecule has 0 aliphatic rings. The van der Waals surface area contributed by atoms with E-state index in [1.807, 2.05) is 20.8 Å². The number of carbonyl (C=O) groups is 1. The predicted octanol–water partition coefficient (Wildman–Crippen LogP) is 0.904. The van der Waals surface area contributed by atoms with E-state index in [2.05, 4.69) is 22.5 Å². The van der Waals surface area contributed by atoms with Crippen LogP contribution in [-0.4, -0.2) is 24.5 Å². The molecule has 3 heteroatoms. The quantitative estimate of drug-likeness (QED) is 0.518. The predicted molar refractivity (Wildman–Crippen MR) is 58.8 cm³/mol. The fourth-order valence-electron chi connectivity index (χ4n) is 0.797. The van der Waals surface area contributed by atoms with Gasteiger partial charge in [-0.05, 0) is 27.7 Å². The summed E-state index contributed by atoms with van der Waals surface area (Å²) < 4.78 is 0. The van der Waals surface area contributed by atoms with E-state index in [1.54, 1.807) is 6.92 Å². The molecule has 0 radical (unpaired) electrons. The fraction of sp³-hybridized carbons (Fsp3) is 0.727. The van der Waals surface area contributed by atoms with Crippen LogP contribution in [0.25, 0.3) is 0 Å². The van der Waals surface area contributed by atoms with Crippen LogP contribution >= 0.6 is 0 Å². The molecule has 0 bridgehead atoms. The molecule has 0 saturated heterocycles. The number of rotatable bonds is 4. The van der Waals surface area contributed by atoms with E-state index < -0.39 is 0 Å². The summed E-state index contributed by atoms with van der Waals surface area (Å²) in [5, 5.41) is 5.90. The SMILES string of the molecule is CC#CCCNC(=O)CNC(C)(C)C. The zero-order chi connectivity index (χ0) is 11.0. The number of amides is 1. The van der Waals surface area contributed by atoms with Crippen molar-refractivity contribution < 1.29 is 4.79 Å². The highest BCUT2D eigenvalue weighted by Crippen LogP contribution is 1.96. The Morgan fingerprint density at radius 2 is 2.00 bits per heavy atom. The molecule has 0 rings (SSSR count). The molecule has 0 aromatic rings. The van der Waals surface area contributed by atoms with Crippen LogP contribution in [0.4, 0.5) is 0 Å². The number of nitrogens with one attached hydrogen (secondary N) is 2. The highest BCUT2D eigenvalue weighted by atomic mass is 16.1. The molecule has 0 unspecified atom stereocenters. The van der Waals surface area contributed by atoms with E-state index in [0.717, 1.165) is 6.42 Å². The Morgan fingerprint density at radius 1 is 1.36 bits per heavy atom. The molecular formula is C11H20N2O. The lowest BCUT2D eigenvalue weighted by Crippen LogP contribution is -2.43. The molecule has 0 spiro atoms. The van der Waals surface area contributed by atoms with Gasteiger partial charge in [0.05, 0.1) is 6.54 Å². The average Bonchev–Trinajstić information content (AvgIpc) is 2.08. The second-order valence-corrected chi connectivity index (χ2v) is 4.13. The maximum atomic E-state index is 11.2. The van der Waals surface area contributed by atoms with Crippen molar-refractivity contribution >= 4 is 5.91 Å². The summed E-state index contributed by atoms with van der Waals surface area (Å²) in [4.78, 5) is 11.2. The van der Waals surface area contributed by atoms with Crippen LogP contribution in [0, 0.1) is 11.8 Å². The topological polar surface area (TPSA) is 41.1 Å². The minimum Gasteiger partial charge on any atom is -0.354 e. The molecule has 1 amide bonds. The van der Waals surface area contributed by atoms with E-state index in [-0.39, 0.29) is 11.4 Å². The van der Waals surface area contributed by atoms with Crippen LogP contribution < -0.4 is 10.6 Å². The zero-order valence-corrected chi connectivity index (χ0v) is 9.53. The van der Waals surface area contributed by atoms with Gasteiger partial charge < -0.3 is 10.6 Å². The Bertz CT molecular complexity index is 230. The Kier molecular flexibility index (Phi) is 5.98. The number of hydrogen-bond acceptors (Lipinski definition) is 2. The van der Waals surface area contributed by atoms with Gasteiger partial charge in [0, 0.05) is 18.5 Å². The lowest BCUT2D eigenvalue weighted by atomic mass is 10.1. The van der Waals surface area contributed by atoms with Gasteiger partial charge in [-0.2, -0.15) is 0 Å². The summed E-state index contributed by atoms with van der Waals surface area (Å²) in [6.07, 6.45) is 0.720. The summed E-state index contributed by atoms with van der Waals surface area (Å²) >= 11 is 0. The molecule has 14 heavy (non-hydrogen) atoms. The van der Waals surface area contributed by atoms with Gasteiger partial charge in [-0.3, -0.25) is 4.79 Å². The minimum atomic E-state index is -0.0133. The largest absolute Gasteiger partial charge is 0.354 e. The summed E-state index contributed by atoms with van der Waals surface area (Å²) in [6.45, 7) is 8.88. The highest BCUT2D eigenvalue weighted by Gasteiger charge is 2.10. The van der Waals surface area contributed by atoms with E-state index in [1.165, 1.54) is 0 Å². The van der Waals surface area contributed by atoms with E-state index in [4.69, 9.17) is 0 Å². The molecular weight excluding hydrogens is 176 g/mol. The molecule has 0 heterocycles. The van der Waals surface area contributed by atoms with E-state index >= 15 is 0 Å². The summed E-state index contributed by atoms with van der Waals surface area (Å²) in [6, 6.07) is 0. The van der Waals surface area contributed by atoms with Crippen molar-refractivity contribution in [1.82, 2.24) is 10.6 Å². The third kappa shape index (κ3) is 9.08. The van der Waals surface area contributed by atoms with Crippen molar-refractivity contribution in [1.29, 1.82) is 0 Å². The molecule has 2 N–H and O–H groups in total. The smallest absolute Gasteiger partial charge is 0.234 e. The minimum absolute atomic E-state index is 0.0133. The Hall–Kier alpha value is -1.01. The van der Waals surface area contributed by atoms with Crippen LogP contribution in [-0.2, 0) is 4.79 Å². The van der Waals surface area contributed by atoms with E-state index in [9.17, 15) is 4.79 Å². The average molecular weight is 196 g/mol. The van der Waals surface area contributed by atoms with Crippen LogP contribution in [0.3, 0.4) is 0 Å². The molecule has 3 nitrogen and oxygen atoms in total. The summed E-state index contributed by atoms with van der Waals surface area (Å²) in [7, 11) is 0. The molecule has 80 valence electrons. The molecule has 0 fully saturated rings. The van der Waals surface area contributed by atoms with Crippen LogP contribution in [0.15, 0.2) is 0 Å². The monoisotopic (exact) mass is 196 g/mol. The molecule has 0 aliphatic heterocycles. The first-order valence-electron chi connectivity index (χ1n) is 4.87. The fourth-order valence-corrected chi connectivity index (χ4v) is 0.797. The molecule has 0 aliphatic carbocycles. The van der Waals surface area contributed by atoms with Gasteiger partial charge in [-0.25, -0.2) is 0 Å². The second kappa shape index (κ2) is 6.44. The highest BCUT2D eigenvalue weighted by molar-refractivity contribution is 5.78. The molecule has 0 aromatic heterocycles. The Morgan fingerprint density at radius 3 is 2.50 bits per heavy atom. The van der Waals surface area contributed by atoms with Crippen LogP contribution in [0.5, 0.6) is 0 Å². The standard InChI is InChI=1S/C11H20N2O/c1-5-6-7-8-12-10(14)9-13-11(2,3)4/h13H,7-9H2,1-4H3,(H,12,14).